The Morgan fingerprint density at radius 1 is 0.917 bits per heavy atom. The molecule has 10 heteroatoms. The molecule has 2 aliphatic carbocycles. The summed E-state index contributed by atoms with van der Waals surface area (Å²) in [7, 11) is 0.256. The van der Waals surface area contributed by atoms with E-state index in [0.29, 0.717) is 0 Å². The van der Waals surface area contributed by atoms with Gasteiger partial charge in [0.2, 0.25) is 0 Å². The third-order valence-corrected chi connectivity index (χ3v) is 3.20. The molecule has 7 N–H and O–H groups in total. The van der Waals surface area contributed by atoms with Crippen molar-refractivity contribution in [3.05, 3.63) is 0 Å². The van der Waals surface area contributed by atoms with Crippen LogP contribution in [0.4, 0.5) is 0 Å². The molecule has 0 atom stereocenters. The summed E-state index contributed by atoms with van der Waals surface area (Å²) in [6, 6.07) is 0. The van der Waals surface area contributed by atoms with Gasteiger partial charge in [-0.15, -0.1) is 12.4 Å². The zero-order valence-corrected chi connectivity index (χ0v) is 16.6. The minimum absolute atomic E-state index is 0. The van der Waals surface area contributed by atoms with E-state index in [1.54, 1.807) is 14.1 Å². The highest BCUT2D eigenvalue weighted by molar-refractivity contribution is 7.30. The molecule has 0 amide bonds. The number of nitrogens with one attached hydrogen (secondary N) is 3. The quantitative estimate of drug-likeness (QED) is 0.214. The Labute approximate surface area is 152 Å². The molecule has 2 fully saturated rings. The molecular formula is C14H35ClN5O3P. The van der Waals surface area contributed by atoms with Crippen LogP contribution >= 0.6 is 20.7 Å². The SMILES string of the molecule is C1CCC1.C1CCCCC1.CN(C)C(=N)NC(=N)N.Cl.O=[PH](O)O. The lowest BCUT2D eigenvalue weighted by Crippen LogP contribution is -2.42. The number of hydrogen-bond acceptors (Lipinski definition) is 3. The molecule has 2 saturated carbocycles. The first-order valence-electron chi connectivity index (χ1n) is 8.06. The maximum Gasteiger partial charge on any atom is 0.314 e. The highest BCUT2D eigenvalue weighted by Gasteiger charge is 1.96. The molecule has 0 heterocycles. The Bertz CT molecular complexity index is 319. The van der Waals surface area contributed by atoms with Crippen molar-refractivity contribution in [2.75, 3.05) is 14.1 Å². The van der Waals surface area contributed by atoms with Crippen LogP contribution in [0.15, 0.2) is 0 Å². The molecule has 0 unspecified atom stereocenters. The van der Waals surface area contributed by atoms with Crippen LogP contribution in [-0.4, -0.2) is 40.7 Å². The number of halogens is 1. The van der Waals surface area contributed by atoms with Gasteiger partial charge in [0.15, 0.2) is 11.9 Å². The van der Waals surface area contributed by atoms with E-state index in [9.17, 15) is 0 Å². The fourth-order valence-corrected chi connectivity index (χ4v) is 1.55. The van der Waals surface area contributed by atoms with Gasteiger partial charge in [0.05, 0.1) is 0 Å². The molecule has 0 aliphatic heterocycles. The first-order valence-corrected chi connectivity index (χ1v) is 9.36. The smallest absolute Gasteiger partial charge is 0.314 e. The second kappa shape index (κ2) is 20.2. The Hall–Kier alpha value is -0.820. The molecule has 0 bridgehead atoms. The highest BCUT2D eigenvalue weighted by atomic mass is 35.5. The zero-order chi connectivity index (χ0) is 18.1. The van der Waals surface area contributed by atoms with Crippen LogP contribution in [0.25, 0.3) is 0 Å². The molecular weight excluding hydrogens is 353 g/mol. The van der Waals surface area contributed by atoms with Gasteiger partial charge < -0.3 is 20.4 Å². The zero-order valence-electron chi connectivity index (χ0n) is 14.8. The van der Waals surface area contributed by atoms with Gasteiger partial charge in [-0.25, -0.2) is 0 Å². The predicted molar refractivity (Wildman–Crippen MR) is 103 cm³/mol. The summed E-state index contributed by atoms with van der Waals surface area (Å²) in [6.07, 6.45) is 15.0. The van der Waals surface area contributed by atoms with Gasteiger partial charge in [-0.05, 0) is 0 Å². The Balaban J connectivity index is -0.000000255. The minimum atomic E-state index is -3.13. The monoisotopic (exact) mass is 387 g/mol. The number of guanidine groups is 2. The predicted octanol–water partition coefficient (Wildman–Crippen LogP) is 2.65. The topological polar surface area (TPSA) is 147 Å². The van der Waals surface area contributed by atoms with Gasteiger partial charge in [0.25, 0.3) is 0 Å². The van der Waals surface area contributed by atoms with Crippen molar-refractivity contribution in [3.8, 4) is 0 Å². The van der Waals surface area contributed by atoms with Crippen molar-refractivity contribution in [1.82, 2.24) is 10.2 Å². The van der Waals surface area contributed by atoms with Crippen LogP contribution in [0.1, 0.15) is 64.2 Å². The van der Waals surface area contributed by atoms with Gasteiger partial charge in [0, 0.05) is 14.1 Å². The summed E-state index contributed by atoms with van der Waals surface area (Å²) in [4.78, 5) is 15.8. The lowest BCUT2D eigenvalue weighted by atomic mass is 10.0. The summed E-state index contributed by atoms with van der Waals surface area (Å²) < 4.78 is 8.74. The lowest BCUT2D eigenvalue weighted by molar-refractivity contribution is 0.405. The van der Waals surface area contributed by atoms with Crippen molar-refractivity contribution >= 4 is 32.6 Å². The van der Waals surface area contributed by atoms with Gasteiger partial charge in [-0.1, -0.05) is 64.2 Å². The van der Waals surface area contributed by atoms with E-state index in [2.05, 4.69) is 5.32 Å². The molecule has 0 saturated heterocycles. The molecule has 0 radical (unpaired) electrons. The number of nitrogens with two attached hydrogens (primary N) is 1. The minimum Gasteiger partial charge on any atom is -0.370 e. The Morgan fingerprint density at radius 3 is 1.21 bits per heavy atom. The third-order valence-electron chi connectivity index (χ3n) is 3.20. The second-order valence-electron chi connectivity index (χ2n) is 5.60. The average molecular weight is 388 g/mol. The summed E-state index contributed by atoms with van der Waals surface area (Å²) in [6.45, 7) is 0. The van der Waals surface area contributed by atoms with E-state index < -0.39 is 8.25 Å². The third kappa shape index (κ3) is 29.2. The van der Waals surface area contributed by atoms with Crippen LogP contribution in [0, 0.1) is 10.8 Å². The van der Waals surface area contributed by atoms with Crippen LogP contribution in [0.5, 0.6) is 0 Å². The van der Waals surface area contributed by atoms with Crippen molar-refractivity contribution in [3.63, 3.8) is 0 Å². The molecule has 0 aromatic heterocycles. The van der Waals surface area contributed by atoms with E-state index in [1.807, 2.05) is 0 Å². The van der Waals surface area contributed by atoms with Crippen LogP contribution < -0.4 is 11.1 Å². The fourth-order valence-electron chi connectivity index (χ4n) is 1.55. The molecule has 2 aliphatic rings. The fraction of sp³-hybridized carbons (Fsp3) is 0.857. The summed E-state index contributed by atoms with van der Waals surface area (Å²) in [5, 5.41) is 16.1. The Morgan fingerprint density at radius 2 is 1.12 bits per heavy atom. The van der Waals surface area contributed by atoms with Crippen LogP contribution in [0.3, 0.4) is 0 Å². The molecule has 8 nitrogen and oxygen atoms in total. The molecule has 0 aromatic rings. The van der Waals surface area contributed by atoms with E-state index >= 15 is 0 Å². The molecule has 24 heavy (non-hydrogen) atoms. The molecule has 146 valence electrons. The normalized spacial score (nSPS) is 14.5. The highest BCUT2D eigenvalue weighted by Crippen LogP contribution is 2.15. The number of rotatable bonds is 0. The summed E-state index contributed by atoms with van der Waals surface area (Å²) in [5.41, 5.74) is 4.94. The van der Waals surface area contributed by atoms with Crippen molar-refractivity contribution in [2.24, 2.45) is 5.73 Å². The van der Waals surface area contributed by atoms with E-state index in [0.717, 1.165) is 0 Å². The summed E-state index contributed by atoms with van der Waals surface area (Å²) in [5.74, 6) is -0.101. The van der Waals surface area contributed by atoms with Crippen molar-refractivity contribution in [2.45, 2.75) is 64.2 Å². The first-order chi connectivity index (χ1) is 10.8. The van der Waals surface area contributed by atoms with Crippen LogP contribution in [-0.2, 0) is 4.57 Å². The van der Waals surface area contributed by atoms with E-state index in [-0.39, 0.29) is 24.3 Å². The average Bonchev–Trinajstić information content (AvgIpc) is 2.38. The van der Waals surface area contributed by atoms with Gasteiger partial charge in [-0.2, -0.15) is 0 Å². The molecule has 0 spiro atoms. The standard InChI is InChI=1S/C6H12.C4H11N5.C4H8.ClH.H3O3P/c1-2-4-6-5-3-1;1-9(2)4(7)8-3(5)6;1-2-4-3-1;;1-4(2)3/h1-6H2;1-2H3,(H5,5,6,7,8);1-4H2;1H;4H,(H2,1,2,3). The lowest BCUT2D eigenvalue weighted by Gasteiger charge is -2.13. The first kappa shape index (κ1) is 28.0. The van der Waals surface area contributed by atoms with Gasteiger partial charge in [0.1, 0.15) is 0 Å². The number of nitrogens with zero attached hydrogens (tertiary/aromatic N) is 1. The second-order valence-corrected chi connectivity index (χ2v) is 6.16. The van der Waals surface area contributed by atoms with Crippen molar-refractivity contribution in [1.29, 1.82) is 10.8 Å². The van der Waals surface area contributed by atoms with Crippen LogP contribution in [0.2, 0.25) is 0 Å². The molecule has 0 aromatic carbocycles. The summed E-state index contributed by atoms with van der Waals surface area (Å²) >= 11 is 0. The maximum atomic E-state index is 8.74. The van der Waals surface area contributed by atoms with E-state index in [4.69, 9.17) is 30.9 Å². The molecule has 2 rings (SSSR count). The largest absolute Gasteiger partial charge is 0.370 e. The van der Waals surface area contributed by atoms with Gasteiger partial charge >= 0.3 is 8.25 Å². The van der Waals surface area contributed by atoms with Crippen molar-refractivity contribution < 1.29 is 14.4 Å². The van der Waals surface area contributed by atoms with E-state index in [1.165, 1.54) is 69.1 Å². The van der Waals surface area contributed by atoms with Gasteiger partial charge in [-0.3, -0.25) is 20.7 Å². The Kier molecular flexibility index (Phi) is 23.6. The maximum absolute atomic E-state index is 8.74. The number of hydrogen-bond donors (Lipinski definition) is 6.